The molecule has 7 heteroatoms. The number of hydrogen-bond donors (Lipinski definition) is 0. The third-order valence-electron chi connectivity index (χ3n) is 4.17. The molecule has 3 aromatic rings. The molecular weight excluding hydrogens is 411 g/mol. The zero-order valence-corrected chi connectivity index (χ0v) is 17.2. The second-order valence-corrected chi connectivity index (χ2v) is 6.96. The van der Waals surface area contributed by atoms with E-state index in [1.807, 2.05) is 6.07 Å². The molecule has 0 radical (unpaired) electrons. The van der Waals surface area contributed by atoms with Crippen molar-refractivity contribution in [2.24, 2.45) is 0 Å². The molecule has 5 nitrogen and oxygen atoms in total. The van der Waals surface area contributed by atoms with Crippen LogP contribution >= 0.6 is 23.2 Å². The largest absolute Gasteiger partial charge is 0.462 e. The lowest BCUT2D eigenvalue weighted by molar-refractivity contribution is 0.0526. The molecule has 0 bridgehead atoms. The van der Waals surface area contributed by atoms with Crippen LogP contribution < -0.4 is 4.90 Å². The molecule has 3 rings (SSSR count). The molecule has 1 amide bonds. The van der Waals surface area contributed by atoms with Crippen molar-refractivity contribution >= 4 is 40.8 Å². The summed E-state index contributed by atoms with van der Waals surface area (Å²) in [6.45, 7) is 2.34. The highest BCUT2D eigenvalue weighted by Crippen LogP contribution is 2.26. The van der Waals surface area contributed by atoms with E-state index in [0.29, 0.717) is 40.0 Å². The van der Waals surface area contributed by atoms with Gasteiger partial charge in [-0.2, -0.15) is 0 Å². The molecule has 0 saturated heterocycles. The zero-order valence-electron chi connectivity index (χ0n) is 15.6. The van der Waals surface area contributed by atoms with Crippen molar-refractivity contribution in [2.75, 3.05) is 11.5 Å². The minimum absolute atomic E-state index is 0.253. The van der Waals surface area contributed by atoms with Crippen molar-refractivity contribution in [3.05, 3.63) is 93.7 Å². The number of hydrogen-bond acceptors (Lipinski definition) is 4. The van der Waals surface area contributed by atoms with Crippen molar-refractivity contribution in [3.8, 4) is 0 Å². The average Bonchev–Trinajstić information content (AvgIpc) is 2.74. The van der Waals surface area contributed by atoms with Crippen LogP contribution in [0.15, 0.2) is 67.0 Å². The Hall–Kier alpha value is -2.89. The molecule has 0 aliphatic carbocycles. The Morgan fingerprint density at radius 2 is 1.72 bits per heavy atom. The lowest BCUT2D eigenvalue weighted by Crippen LogP contribution is -2.30. The monoisotopic (exact) mass is 428 g/mol. The van der Waals surface area contributed by atoms with Crippen LogP contribution in [0.3, 0.4) is 0 Å². The molecule has 0 spiro atoms. The van der Waals surface area contributed by atoms with Gasteiger partial charge in [0.25, 0.3) is 5.91 Å². The number of rotatable bonds is 6. The van der Waals surface area contributed by atoms with Gasteiger partial charge in [0, 0.05) is 23.6 Å². The molecule has 0 aliphatic heterocycles. The highest BCUT2D eigenvalue weighted by molar-refractivity contribution is 6.42. The Kier molecular flexibility index (Phi) is 6.86. The number of pyridine rings is 1. The number of anilines is 1. The molecule has 29 heavy (non-hydrogen) atoms. The minimum Gasteiger partial charge on any atom is -0.462 e. The third kappa shape index (κ3) is 5.13. The highest BCUT2D eigenvalue weighted by Gasteiger charge is 2.20. The maximum Gasteiger partial charge on any atom is 0.338 e. The quantitative estimate of drug-likeness (QED) is 0.492. The molecule has 1 heterocycles. The number of esters is 1. The van der Waals surface area contributed by atoms with E-state index >= 15 is 0 Å². The van der Waals surface area contributed by atoms with Gasteiger partial charge in [0.15, 0.2) is 0 Å². The Morgan fingerprint density at radius 1 is 1.00 bits per heavy atom. The molecule has 0 saturated carbocycles. The van der Waals surface area contributed by atoms with E-state index in [-0.39, 0.29) is 5.91 Å². The van der Waals surface area contributed by atoms with Gasteiger partial charge in [-0.25, -0.2) is 4.79 Å². The summed E-state index contributed by atoms with van der Waals surface area (Å²) in [4.78, 5) is 30.8. The van der Waals surface area contributed by atoms with Crippen molar-refractivity contribution in [1.82, 2.24) is 4.98 Å². The number of amides is 1. The van der Waals surface area contributed by atoms with Gasteiger partial charge < -0.3 is 9.64 Å². The van der Waals surface area contributed by atoms with Crippen LogP contribution in [0.2, 0.25) is 10.0 Å². The van der Waals surface area contributed by atoms with E-state index in [2.05, 4.69) is 4.98 Å². The van der Waals surface area contributed by atoms with Gasteiger partial charge in [-0.05, 0) is 61.0 Å². The predicted octanol–water partition coefficient (Wildman–Crippen LogP) is 5.41. The molecule has 148 valence electrons. The van der Waals surface area contributed by atoms with Gasteiger partial charge in [0.2, 0.25) is 0 Å². The molecule has 1 aromatic heterocycles. The summed E-state index contributed by atoms with van der Waals surface area (Å²) in [5.74, 6) is -0.662. The second kappa shape index (κ2) is 9.54. The van der Waals surface area contributed by atoms with Gasteiger partial charge in [0.05, 0.1) is 28.8 Å². The van der Waals surface area contributed by atoms with Crippen LogP contribution in [0.5, 0.6) is 0 Å². The number of aromatic nitrogens is 1. The fourth-order valence-electron chi connectivity index (χ4n) is 2.73. The number of carbonyl (C=O) groups excluding carboxylic acids is 2. The van der Waals surface area contributed by atoms with Gasteiger partial charge in [-0.15, -0.1) is 0 Å². The molecule has 2 aromatic carbocycles. The van der Waals surface area contributed by atoms with Crippen LogP contribution in [-0.4, -0.2) is 23.5 Å². The number of benzene rings is 2. The van der Waals surface area contributed by atoms with Crippen LogP contribution in [0, 0.1) is 0 Å². The smallest absolute Gasteiger partial charge is 0.338 e. The van der Waals surface area contributed by atoms with E-state index in [0.717, 1.165) is 5.56 Å². The molecular formula is C22H18Cl2N2O3. The third-order valence-corrected chi connectivity index (χ3v) is 4.90. The first kappa shape index (κ1) is 20.8. The van der Waals surface area contributed by atoms with Crippen molar-refractivity contribution in [3.63, 3.8) is 0 Å². The van der Waals surface area contributed by atoms with E-state index < -0.39 is 5.97 Å². The van der Waals surface area contributed by atoms with E-state index in [1.54, 1.807) is 66.7 Å². The Bertz CT molecular complexity index is 1010. The Balaban J connectivity index is 1.95. The summed E-state index contributed by atoms with van der Waals surface area (Å²) in [5.41, 5.74) is 2.30. The molecule has 0 atom stereocenters. The molecule has 0 aliphatic rings. The van der Waals surface area contributed by atoms with Gasteiger partial charge in [0.1, 0.15) is 0 Å². The lowest BCUT2D eigenvalue weighted by atomic mass is 10.1. The number of ether oxygens (including phenoxy) is 1. The van der Waals surface area contributed by atoms with Crippen LogP contribution in [0.4, 0.5) is 5.69 Å². The van der Waals surface area contributed by atoms with E-state index in [9.17, 15) is 9.59 Å². The summed E-state index contributed by atoms with van der Waals surface area (Å²) in [6.07, 6.45) is 3.37. The Labute approximate surface area is 178 Å². The van der Waals surface area contributed by atoms with Crippen molar-refractivity contribution in [1.29, 1.82) is 0 Å². The number of carbonyl (C=O) groups is 2. The first-order valence-electron chi connectivity index (χ1n) is 8.92. The topological polar surface area (TPSA) is 59.5 Å². The van der Waals surface area contributed by atoms with Gasteiger partial charge >= 0.3 is 5.97 Å². The standard InChI is InChI=1S/C22H18Cl2N2O3/c1-2-29-22(28)16-5-8-18(9-6-16)26(14-15-4-3-11-25-13-15)21(27)17-7-10-19(23)20(24)12-17/h3-13H,2,14H2,1H3. The Morgan fingerprint density at radius 3 is 2.34 bits per heavy atom. The molecule has 0 fully saturated rings. The summed E-state index contributed by atoms with van der Waals surface area (Å²) in [5, 5.41) is 0.678. The average molecular weight is 429 g/mol. The first-order valence-corrected chi connectivity index (χ1v) is 9.68. The summed E-state index contributed by atoms with van der Waals surface area (Å²) >= 11 is 12.1. The first-order chi connectivity index (χ1) is 14.0. The van der Waals surface area contributed by atoms with Gasteiger partial charge in [-0.1, -0.05) is 29.3 Å². The molecule has 0 N–H and O–H groups in total. The predicted molar refractivity (Wildman–Crippen MR) is 114 cm³/mol. The highest BCUT2D eigenvalue weighted by atomic mass is 35.5. The fourth-order valence-corrected chi connectivity index (χ4v) is 3.03. The zero-order chi connectivity index (χ0) is 20.8. The summed E-state index contributed by atoms with van der Waals surface area (Å²) in [7, 11) is 0. The normalized spacial score (nSPS) is 10.4. The lowest BCUT2D eigenvalue weighted by Gasteiger charge is -2.23. The maximum atomic E-state index is 13.2. The maximum absolute atomic E-state index is 13.2. The van der Waals surface area contributed by atoms with E-state index in [1.165, 1.54) is 6.07 Å². The van der Waals surface area contributed by atoms with Crippen LogP contribution in [-0.2, 0) is 11.3 Å². The second-order valence-electron chi connectivity index (χ2n) is 6.15. The van der Waals surface area contributed by atoms with E-state index in [4.69, 9.17) is 27.9 Å². The summed E-state index contributed by atoms with van der Waals surface area (Å²) < 4.78 is 5.01. The van der Waals surface area contributed by atoms with Gasteiger partial charge in [-0.3, -0.25) is 9.78 Å². The van der Waals surface area contributed by atoms with Crippen LogP contribution in [0.1, 0.15) is 33.2 Å². The molecule has 0 unspecified atom stereocenters. The van der Waals surface area contributed by atoms with Crippen molar-refractivity contribution < 1.29 is 14.3 Å². The van der Waals surface area contributed by atoms with Crippen molar-refractivity contribution in [2.45, 2.75) is 13.5 Å². The fraction of sp³-hybridized carbons (Fsp3) is 0.136. The SMILES string of the molecule is CCOC(=O)c1ccc(N(Cc2cccnc2)C(=O)c2ccc(Cl)c(Cl)c2)cc1. The number of nitrogens with zero attached hydrogens (tertiary/aromatic N) is 2. The number of halogens is 2. The minimum atomic E-state index is -0.409. The summed E-state index contributed by atoms with van der Waals surface area (Å²) in [6, 6.07) is 15.1. The van der Waals surface area contributed by atoms with Crippen LogP contribution in [0.25, 0.3) is 0 Å².